The van der Waals surface area contributed by atoms with E-state index >= 15 is 0 Å². The molecular formula is C23H22N2O5. The predicted molar refractivity (Wildman–Crippen MR) is 113 cm³/mol. The first-order valence-corrected chi connectivity index (χ1v) is 9.44. The molecular weight excluding hydrogens is 384 g/mol. The third kappa shape index (κ3) is 5.57. The van der Waals surface area contributed by atoms with E-state index in [9.17, 15) is 9.59 Å². The summed E-state index contributed by atoms with van der Waals surface area (Å²) in [6, 6.07) is 17.9. The molecule has 1 N–H and O–H groups in total. The van der Waals surface area contributed by atoms with Crippen molar-refractivity contribution < 1.29 is 23.5 Å². The van der Waals surface area contributed by atoms with Crippen LogP contribution in [0.5, 0.6) is 5.75 Å². The lowest BCUT2D eigenvalue weighted by Gasteiger charge is -2.07. The largest absolute Gasteiger partial charge is 0.483 e. The molecule has 0 bridgehead atoms. The molecule has 1 amide bonds. The first-order valence-electron chi connectivity index (χ1n) is 9.44. The molecule has 0 aliphatic heterocycles. The van der Waals surface area contributed by atoms with Gasteiger partial charge in [0.25, 0.3) is 5.91 Å². The minimum absolute atomic E-state index is 0.140. The van der Waals surface area contributed by atoms with Crippen LogP contribution in [0.4, 0.5) is 0 Å². The zero-order valence-corrected chi connectivity index (χ0v) is 16.8. The maximum Gasteiger partial charge on any atom is 0.338 e. The summed E-state index contributed by atoms with van der Waals surface area (Å²) in [5, 5.41) is 3.88. The minimum atomic E-state index is -0.379. The van der Waals surface area contributed by atoms with Gasteiger partial charge in [0, 0.05) is 5.56 Å². The fourth-order valence-corrected chi connectivity index (χ4v) is 2.62. The molecule has 7 nitrogen and oxygen atoms in total. The number of nitrogens with zero attached hydrogens (tertiary/aromatic N) is 1. The number of para-hydroxylation sites is 1. The van der Waals surface area contributed by atoms with Gasteiger partial charge in [-0.15, -0.1) is 0 Å². The van der Waals surface area contributed by atoms with E-state index < -0.39 is 0 Å². The molecule has 30 heavy (non-hydrogen) atoms. The van der Waals surface area contributed by atoms with Gasteiger partial charge < -0.3 is 13.9 Å². The lowest BCUT2D eigenvalue weighted by atomic mass is 10.1. The van der Waals surface area contributed by atoms with Gasteiger partial charge in [0.1, 0.15) is 17.3 Å². The van der Waals surface area contributed by atoms with Crippen LogP contribution in [0.1, 0.15) is 28.6 Å². The minimum Gasteiger partial charge on any atom is -0.483 e. The van der Waals surface area contributed by atoms with Crippen molar-refractivity contribution in [2.24, 2.45) is 5.10 Å². The lowest BCUT2D eigenvalue weighted by Crippen LogP contribution is -2.24. The van der Waals surface area contributed by atoms with Crippen molar-refractivity contribution in [1.82, 2.24) is 5.43 Å². The molecule has 0 aliphatic carbocycles. The van der Waals surface area contributed by atoms with Crippen molar-refractivity contribution in [3.8, 4) is 17.1 Å². The smallest absolute Gasteiger partial charge is 0.338 e. The average molecular weight is 406 g/mol. The van der Waals surface area contributed by atoms with E-state index in [0.717, 1.165) is 11.1 Å². The van der Waals surface area contributed by atoms with E-state index in [2.05, 4.69) is 10.5 Å². The second-order valence-corrected chi connectivity index (χ2v) is 6.35. The Hall–Kier alpha value is -3.87. The summed E-state index contributed by atoms with van der Waals surface area (Å²) in [5.41, 5.74) is 4.63. The zero-order valence-electron chi connectivity index (χ0n) is 16.8. The fourth-order valence-electron chi connectivity index (χ4n) is 2.62. The first kappa shape index (κ1) is 20.9. The number of furan rings is 1. The monoisotopic (exact) mass is 406 g/mol. The standard InChI is InChI=1S/C23H22N2O5/c1-3-28-23(27)18-10-8-17(9-11-18)21-13-12-19(30-21)14-24-25-22(26)15-29-20-7-5-4-6-16(20)2/h4-14H,3,15H2,1-2H3,(H,25,26). The van der Waals surface area contributed by atoms with Crippen LogP contribution in [0.15, 0.2) is 70.2 Å². The van der Waals surface area contributed by atoms with E-state index in [-0.39, 0.29) is 18.5 Å². The van der Waals surface area contributed by atoms with Gasteiger partial charge in [-0.05, 0) is 49.7 Å². The molecule has 7 heteroatoms. The van der Waals surface area contributed by atoms with Gasteiger partial charge in [0.15, 0.2) is 6.61 Å². The van der Waals surface area contributed by atoms with E-state index in [1.54, 1.807) is 49.4 Å². The van der Waals surface area contributed by atoms with Crippen LogP contribution in [0.3, 0.4) is 0 Å². The van der Waals surface area contributed by atoms with Gasteiger partial charge in [-0.2, -0.15) is 5.10 Å². The number of hydrogen-bond donors (Lipinski definition) is 1. The summed E-state index contributed by atoms with van der Waals surface area (Å²) in [4.78, 5) is 23.6. The van der Waals surface area contributed by atoms with Crippen molar-refractivity contribution in [2.45, 2.75) is 13.8 Å². The van der Waals surface area contributed by atoms with Gasteiger partial charge in [0.05, 0.1) is 18.4 Å². The number of nitrogens with one attached hydrogen (secondary N) is 1. The van der Waals surface area contributed by atoms with Crippen LogP contribution in [0.25, 0.3) is 11.3 Å². The summed E-state index contributed by atoms with van der Waals surface area (Å²) < 4.78 is 16.1. The Morgan fingerprint density at radius 1 is 1.07 bits per heavy atom. The van der Waals surface area contributed by atoms with Gasteiger partial charge in [0.2, 0.25) is 0 Å². The predicted octanol–water partition coefficient (Wildman–Crippen LogP) is 3.96. The molecule has 0 fully saturated rings. The van der Waals surface area contributed by atoms with Crippen molar-refractivity contribution in [3.63, 3.8) is 0 Å². The van der Waals surface area contributed by atoms with Crippen LogP contribution in [0, 0.1) is 6.92 Å². The Balaban J connectivity index is 1.52. The topological polar surface area (TPSA) is 90.1 Å². The van der Waals surface area contributed by atoms with Crippen molar-refractivity contribution >= 4 is 18.1 Å². The van der Waals surface area contributed by atoms with Gasteiger partial charge in [-0.25, -0.2) is 10.2 Å². The number of amides is 1. The van der Waals surface area contributed by atoms with E-state index in [1.165, 1.54) is 6.21 Å². The Labute approximate surface area is 174 Å². The van der Waals surface area contributed by atoms with Crippen LogP contribution >= 0.6 is 0 Å². The molecule has 0 saturated carbocycles. The van der Waals surface area contributed by atoms with Crippen LogP contribution in [-0.2, 0) is 9.53 Å². The molecule has 0 atom stereocenters. The second-order valence-electron chi connectivity index (χ2n) is 6.35. The molecule has 1 aromatic heterocycles. The maximum absolute atomic E-state index is 11.9. The van der Waals surface area contributed by atoms with Crippen molar-refractivity contribution in [1.29, 1.82) is 0 Å². The van der Waals surface area contributed by atoms with Gasteiger partial charge in [-0.1, -0.05) is 30.3 Å². The molecule has 0 aliphatic rings. The second kappa shape index (κ2) is 10.1. The molecule has 0 saturated heterocycles. The Morgan fingerprint density at radius 2 is 1.83 bits per heavy atom. The Morgan fingerprint density at radius 3 is 2.57 bits per heavy atom. The number of aryl methyl sites for hydroxylation is 1. The van der Waals surface area contributed by atoms with E-state index in [4.69, 9.17) is 13.9 Å². The Kier molecular flexibility index (Phi) is 7.00. The zero-order chi connectivity index (χ0) is 21.3. The highest BCUT2D eigenvalue weighted by Crippen LogP contribution is 2.22. The highest BCUT2D eigenvalue weighted by atomic mass is 16.5. The average Bonchev–Trinajstić information content (AvgIpc) is 3.22. The number of rotatable bonds is 8. The van der Waals surface area contributed by atoms with E-state index in [0.29, 0.717) is 29.4 Å². The molecule has 0 unspecified atom stereocenters. The van der Waals surface area contributed by atoms with Crippen LogP contribution in [0.2, 0.25) is 0 Å². The number of ether oxygens (including phenoxy) is 2. The molecule has 2 aromatic carbocycles. The summed E-state index contributed by atoms with van der Waals surface area (Å²) in [5.74, 6) is 0.997. The maximum atomic E-state index is 11.9. The Bertz CT molecular complexity index is 1040. The van der Waals surface area contributed by atoms with Crippen LogP contribution in [-0.4, -0.2) is 31.3 Å². The summed E-state index contributed by atoms with van der Waals surface area (Å²) in [7, 11) is 0. The lowest BCUT2D eigenvalue weighted by molar-refractivity contribution is -0.123. The normalized spacial score (nSPS) is 10.7. The van der Waals surface area contributed by atoms with Crippen molar-refractivity contribution in [3.05, 3.63) is 77.6 Å². The summed E-state index contributed by atoms with van der Waals surface area (Å²) >= 11 is 0. The quantitative estimate of drug-likeness (QED) is 0.347. The number of hydrazone groups is 1. The summed E-state index contributed by atoms with van der Waals surface area (Å²) in [6.07, 6.45) is 1.40. The third-order valence-corrected chi connectivity index (χ3v) is 4.14. The third-order valence-electron chi connectivity index (χ3n) is 4.14. The molecule has 0 spiro atoms. The molecule has 3 aromatic rings. The molecule has 1 heterocycles. The fraction of sp³-hybridized carbons (Fsp3) is 0.174. The first-order chi connectivity index (χ1) is 14.6. The highest BCUT2D eigenvalue weighted by molar-refractivity contribution is 5.90. The molecule has 3 rings (SSSR count). The SMILES string of the molecule is CCOC(=O)c1ccc(-c2ccc(C=NNC(=O)COc3ccccc3C)o2)cc1. The number of benzene rings is 2. The molecule has 154 valence electrons. The highest BCUT2D eigenvalue weighted by Gasteiger charge is 2.08. The van der Waals surface area contributed by atoms with Crippen LogP contribution < -0.4 is 10.2 Å². The summed E-state index contributed by atoms with van der Waals surface area (Å²) in [6.45, 7) is 3.86. The van der Waals surface area contributed by atoms with Gasteiger partial charge in [-0.3, -0.25) is 4.79 Å². The number of hydrogen-bond acceptors (Lipinski definition) is 6. The van der Waals surface area contributed by atoms with E-state index in [1.807, 2.05) is 25.1 Å². The number of carbonyl (C=O) groups excluding carboxylic acids is 2. The molecule has 0 radical (unpaired) electrons. The number of carbonyl (C=O) groups is 2. The van der Waals surface area contributed by atoms with Crippen molar-refractivity contribution in [2.75, 3.05) is 13.2 Å². The number of esters is 1. The van der Waals surface area contributed by atoms with Gasteiger partial charge >= 0.3 is 5.97 Å².